The lowest BCUT2D eigenvalue weighted by Crippen LogP contribution is -2.31. The van der Waals surface area contributed by atoms with Gasteiger partial charge < -0.3 is 9.64 Å². The molecule has 6 heteroatoms. The molecule has 0 bridgehead atoms. The fourth-order valence-electron chi connectivity index (χ4n) is 3.07. The van der Waals surface area contributed by atoms with Crippen LogP contribution in [0.15, 0.2) is 72.3 Å². The van der Waals surface area contributed by atoms with Crippen LogP contribution in [0.2, 0.25) is 0 Å². The molecule has 0 atom stereocenters. The number of amides is 1. The standard InChI is InChI=1S/C23H18F2N2O2/c1-2-27(21-9-5-7-17-6-3-4-8-20(17)21)22(28)18(15-26)14-16-10-12-19(13-11-16)29-23(24)25/h3-14,23H,2H2,1H3. The van der Waals surface area contributed by atoms with Gasteiger partial charge in [0, 0.05) is 11.9 Å². The second-order valence-corrected chi connectivity index (χ2v) is 6.17. The van der Waals surface area contributed by atoms with Crippen molar-refractivity contribution in [2.45, 2.75) is 13.5 Å². The smallest absolute Gasteiger partial charge is 0.387 e. The summed E-state index contributed by atoms with van der Waals surface area (Å²) in [6.45, 7) is -0.690. The molecule has 0 aliphatic heterocycles. The lowest BCUT2D eigenvalue weighted by Gasteiger charge is -2.22. The molecule has 0 fully saturated rings. The zero-order chi connectivity index (χ0) is 20.8. The fourth-order valence-corrected chi connectivity index (χ4v) is 3.07. The molecule has 0 aliphatic rings. The Morgan fingerprint density at radius 1 is 1.10 bits per heavy atom. The Balaban J connectivity index is 1.93. The van der Waals surface area contributed by atoms with Crippen molar-refractivity contribution in [1.82, 2.24) is 0 Å². The van der Waals surface area contributed by atoms with Gasteiger partial charge in [-0.3, -0.25) is 4.79 Å². The maximum absolute atomic E-state index is 13.1. The Hall–Kier alpha value is -3.72. The summed E-state index contributed by atoms with van der Waals surface area (Å²) in [7, 11) is 0. The molecule has 3 aromatic carbocycles. The van der Waals surface area contributed by atoms with Crippen LogP contribution in [-0.4, -0.2) is 19.1 Å². The monoisotopic (exact) mass is 392 g/mol. The number of alkyl halides is 2. The van der Waals surface area contributed by atoms with Gasteiger partial charge in [0.1, 0.15) is 17.4 Å². The zero-order valence-corrected chi connectivity index (χ0v) is 15.7. The normalized spacial score (nSPS) is 11.3. The molecule has 3 aromatic rings. The molecule has 0 saturated heterocycles. The first-order valence-electron chi connectivity index (χ1n) is 8.99. The molecule has 3 rings (SSSR count). The molecule has 0 aliphatic carbocycles. The van der Waals surface area contributed by atoms with Gasteiger partial charge in [-0.15, -0.1) is 0 Å². The van der Waals surface area contributed by atoms with E-state index in [0.717, 1.165) is 16.5 Å². The molecule has 146 valence electrons. The highest BCUT2D eigenvalue weighted by Crippen LogP contribution is 2.28. The zero-order valence-electron chi connectivity index (χ0n) is 15.7. The third kappa shape index (κ3) is 4.58. The highest BCUT2D eigenvalue weighted by molar-refractivity contribution is 6.14. The largest absolute Gasteiger partial charge is 0.435 e. The van der Waals surface area contributed by atoms with Gasteiger partial charge in [-0.25, -0.2) is 0 Å². The van der Waals surface area contributed by atoms with Gasteiger partial charge in [0.25, 0.3) is 5.91 Å². The third-order valence-corrected chi connectivity index (χ3v) is 4.39. The fraction of sp³-hybridized carbons (Fsp3) is 0.130. The first kappa shape index (κ1) is 20.0. The van der Waals surface area contributed by atoms with Gasteiger partial charge in [-0.2, -0.15) is 14.0 Å². The van der Waals surface area contributed by atoms with Crippen molar-refractivity contribution in [2.24, 2.45) is 0 Å². The minimum atomic E-state index is -2.91. The number of nitriles is 1. The Labute approximate surface area is 167 Å². The van der Waals surface area contributed by atoms with Crippen molar-refractivity contribution in [3.8, 4) is 11.8 Å². The maximum atomic E-state index is 13.1. The molecule has 1 amide bonds. The number of hydrogen-bond acceptors (Lipinski definition) is 3. The highest BCUT2D eigenvalue weighted by Gasteiger charge is 2.20. The predicted octanol–water partition coefficient (Wildman–Crippen LogP) is 5.40. The quantitative estimate of drug-likeness (QED) is 0.417. The molecule has 29 heavy (non-hydrogen) atoms. The summed E-state index contributed by atoms with van der Waals surface area (Å²) in [5, 5.41) is 11.5. The summed E-state index contributed by atoms with van der Waals surface area (Å²) in [5.41, 5.74) is 1.20. The lowest BCUT2D eigenvalue weighted by molar-refractivity contribution is -0.114. The van der Waals surface area contributed by atoms with Gasteiger partial charge >= 0.3 is 6.61 Å². The van der Waals surface area contributed by atoms with Crippen molar-refractivity contribution < 1.29 is 18.3 Å². The number of hydrogen-bond donors (Lipinski definition) is 0. The summed E-state index contributed by atoms with van der Waals surface area (Å²) in [6, 6.07) is 21.1. The Morgan fingerprint density at radius 2 is 1.79 bits per heavy atom. The van der Waals surface area contributed by atoms with Crippen LogP contribution in [0.4, 0.5) is 14.5 Å². The van der Waals surface area contributed by atoms with E-state index in [1.54, 1.807) is 4.90 Å². The van der Waals surface area contributed by atoms with Crippen LogP contribution in [0, 0.1) is 11.3 Å². The van der Waals surface area contributed by atoms with Crippen molar-refractivity contribution in [2.75, 3.05) is 11.4 Å². The molecule has 0 aromatic heterocycles. The van der Waals surface area contributed by atoms with Gasteiger partial charge in [-0.05, 0) is 42.1 Å². The van der Waals surface area contributed by atoms with Crippen LogP contribution in [-0.2, 0) is 4.79 Å². The summed E-state index contributed by atoms with van der Waals surface area (Å²) in [4.78, 5) is 14.6. The number of carbonyl (C=O) groups is 1. The number of anilines is 1. The van der Waals surface area contributed by atoms with E-state index in [2.05, 4.69) is 4.74 Å². The molecule has 0 unspecified atom stereocenters. The Morgan fingerprint density at radius 3 is 2.45 bits per heavy atom. The number of halogens is 2. The Bertz CT molecular complexity index is 1080. The van der Waals surface area contributed by atoms with Crippen LogP contribution >= 0.6 is 0 Å². The van der Waals surface area contributed by atoms with E-state index < -0.39 is 12.5 Å². The molecular formula is C23H18F2N2O2. The number of ether oxygens (including phenoxy) is 1. The van der Waals surface area contributed by atoms with Crippen molar-refractivity contribution >= 4 is 28.4 Å². The second kappa shape index (κ2) is 8.98. The van der Waals surface area contributed by atoms with Crippen molar-refractivity contribution in [3.63, 3.8) is 0 Å². The summed E-state index contributed by atoms with van der Waals surface area (Å²) < 4.78 is 28.8. The molecule has 0 heterocycles. The maximum Gasteiger partial charge on any atom is 0.387 e. The summed E-state index contributed by atoms with van der Waals surface area (Å²) in [5.74, 6) is -0.424. The first-order chi connectivity index (χ1) is 14.0. The number of likely N-dealkylation sites (N-methyl/N-ethyl adjacent to an activating group) is 1. The average molecular weight is 392 g/mol. The average Bonchev–Trinajstić information content (AvgIpc) is 2.73. The molecule has 0 N–H and O–H groups in total. The minimum Gasteiger partial charge on any atom is -0.435 e. The SMILES string of the molecule is CCN(C(=O)C(C#N)=Cc1ccc(OC(F)F)cc1)c1cccc2ccccc12. The molecule has 0 radical (unpaired) electrons. The van der Waals surface area contributed by atoms with E-state index in [0.29, 0.717) is 12.1 Å². The van der Waals surface area contributed by atoms with Gasteiger partial charge in [0.05, 0.1) is 5.69 Å². The highest BCUT2D eigenvalue weighted by atomic mass is 19.3. The van der Waals surface area contributed by atoms with Gasteiger partial charge in [-0.1, -0.05) is 48.5 Å². The molecule has 0 saturated carbocycles. The van der Waals surface area contributed by atoms with Crippen molar-refractivity contribution in [3.05, 3.63) is 77.9 Å². The van der Waals surface area contributed by atoms with Gasteiger partial charge in [0.15, 0.2) is 0 Å². The van der Waals surface area contributed by atoms with E-state index in [4.69, 9.17) is 0 Å². The van der Waals surface area contributed by atoms with E-state index in [1.807, 2.05) is 55.5 Å². The number of fused-ring (bicyclic) bond motifs is 1. The van der Waals surface area contributed by atoms with Crippen LogP contribution in [0.1, 0.15) is 12.5 Å². The molecular weight excluding hydrogens is 374 g/mol. The van der Waals surface area contributed by atoms with Crippen molar-refractivity contribution in [1.29, 1.82) is 5.26 Å². The topological polar surface area (TPSA) is 53.3 Å². The molecule has 4 nitrogen and oxygen atoms in total. The van der Waals surface area contributed by atoms with Crippen LogP contribution in [0.3, 0.4) is 0 Å². The lowest BCUT2D eigenvalue weighted by atomic mass is 10.1. The summed E-state index contributed by atoms with van der Waals surface area (Å²) >= 11 is 0. The van der Waals surface area contributed by atoms with Crippen LogP contribution < -0.4 is 9.64 Å². The van der Waals surface area contributed by atoms with Gasteiger partial charge in [0.2, 0.25) is 0 Å². The third-order valence-electron chi connectivity index (χ3n) is 4.39. The number of rotatable bonds is 6. The van der Waals surface area contributed by atoms with Crippen LogP contribution in [0.25, 0.3) is 16.8 Å². The van der Waals surface area contributed by atoms with E-state index in [1.165, 1.54) is 30.3 Å². The predicted molar refractivity (Wildman–Crippen MR) is 109 cm³/mol. The number of benzene rings is 3. The number of nitrogens with zero attached hydrogens (tertiary/aromatic N) is 2. The van der Waals surface area contributed by atoms with E-state index >= 15 is 0 Å². The molecule has 0 spiro atoms. The van der Waals surface area contributed by atoms with E-state index in [-0.39, 0.29) is 11.3 Å². The number of carbonyl (C=O) groups excluding carboxylic acids is 1. The van der Waals surface area contributed by atoms with E-state index in [9.17, 15) is 18.8 Å². The second-order valence-electron chi connectivity index (χ2n) is 6.17. The summed E-state index contributed by atoms with van der Waals surface area (Å²) in [6.07, 6.45) is 1.43. The van der Waals surface area contributed by atoms with Crippen LogP contribution in [0.5, 0.6) is 5.75 Å². The Kier molecular flexibility index (Phi) is 6.20. The first-order valence-corrected chi connectivity index (χ1v) is 8.99. The minimum absolute atomic E-state index is 0.00734.